The zero-order valence-electron chi connectivity index (χ0n) is 11.2. The molecule has 0 spiro atoms. The van der Waals surface area contributed by atoms with Crippen molar-refractivity contribution in [2.45, 2.75) is 32.2 Å². The van der Waals surface area contributed by atoms with Crippen molar-refractivity contribution in [2.24, 2.45) is 0 Å². The molecule has 0 saturated heterocycles. The van der Waals surface area contributed by atoms with Gasteiger partial charge in [0.15, 0.2) is 0 Å². The summed E-state index contributed by atoms with van der Waals surface area (Å²) in [5.74, 6) is 3.22. The van der Waals surface area contributed by atoms with Gasteiger partial charge in [-0.2, -0.15) is 0 Å². The molecule has 1 aromatic rings. The number of hydrogen-bond donors (Lipinski definition) is 2. The van der Waals surface area contributed by atoms with Crippen molar-refractivity contribution in [1.82, 2.24) is 5.32 Å². The summed E-state index contributed by atoms with van der Waals surface area (Å²) in [6.07, 6.45) is 6.93. The third-order valence-corrected chi connectivity index (χ3v) is 2.70. The monoisotopic (exact) mass is 260 g/mol. The predicted octanol–water partition coefficient (Wildman–Crippen LogP) is 1.96. The Kier molecular flexibility index (Phi) is 6.31. The smallest absolute Gasteiger partial charge is 0.223 e. The summed E-state index contributed by atoms with van der Waals surface area (Å²) >= 11 is 0. The maximum Gasteiger partial charge on any atom is 0.223 e. The molecule has 0 aliphatic rings. The van der Waals surface area contributed by atoms with Crippen molar-refractivity contribution in [3.05, 3.63) is 24.3 Å². The van der Waals surface area contributed by atoms with Crippen molar-refractivity contribution in [3.8, 4) is 18.1 Å². The van der Waals surface area contributed by atoms with E-state index in [1.54, 1.807) is 24.3 Å². The van der Waals surface area contributed by atoms with Gasteiger partial charge in [-0.05, 0) is 30.7 Å². The first kappa shape index (κ1) is 14.9. The van der Waals surface area contributed by atoms with E-state index in [1.807, 2.05) is 6.92 Å². The van der Waals surface area contributed by atoms with Gasteiger partial charge in [0.25, 0.3) is 0 Å². The lowest BCUT2D eigenvalue weighted by molar-refractivity contribution is -0.122. The molecule has 0 heterocycles. The van der Waals surface area contributed by atoms with E-state index in [4.69, 9.17) is 16.9 Å². The van der Waals surface area contributed by atoms with Crippen molar-refractivity contribution in [3.63, 3.8) is 0 Å². The van der Waals surface area contributed by atoms with Crippen molar-refractivity contribution in [1.29, 1.82) is 0 Å². The van der Waals surface area contributed by atoms with Crippen LogP contribution in [0.15, 0.2) is 24.3 Å². The van der Waals surface area contributed by atoms with Crippen LogP contribution >= 0.6 is 0 Å². The first-order valence-electron chi connectivity index (χ1n) is 6.37. The minimum atomic E-state index is -0.0439. The summed E-state index contributed by atoms with van der Waals surface area (Å²) < 4.78 is 5.45. The van der Waals surface area contributed by atoms with Gasteiger partial charge in [-0.3, -0.25) is 4.79 Å². The summed E-state index contributed by atoms with van der Waals surface area (Å²) in [4.78, 5) is 11.7. The van der Waals surface area contributed by atoms with E-state index in [0.717, 1.165) is 6.42 Å². The number of carbonyl (C=O) groups excluding carboxylic acids is 1. The molecule has 0 aliphatic heterocycles. The van der Waals surface area contributed by atoms with Gasteiger partial charge in [0.1, 0.15) is 5.75 Å². The molecule has 0 saturated carbocycles. The number of ether oxygens (including phenoxy) is 1. The lowest BCUT2D eigenvalue weighted by atomic mass is 10.1. The topological polar surface area (TPSA) is 64.3 Å². The van der Waals surface area contributed by atoms with Gasteiger partial charge in [-0.15, -0.1) is 12.3 Å². The molecule has 1 unspecified atom stereocenters. The number of nitrogens with two attached hydrogens (primary N) is 1. The van der Waals surface area contributed by atoms with Gasteiger partial charge >= 0.3 is 0 Å². The van der Waals surface area contributed by atoms with Gasteiger partial charge in [0.2, 0.25) is 5.91 Å². The third kappa shape index (κ3) is 5.82. The quantitative estimate of drug-likeness (QED) is 0.582. The highest BCUT2D eigenvalue weighted by Gasteiger charge is 2.09. The van der Waals surface area contributed by atoms with Crippen LogP contribution in [-0.4, -0.2) is 18.6 Å². The molecule has 3 N–H and O–H groups in total. The van der Waals surface area contributed by atoms with E-state index in [1.165, 1.54) is 0 Å². The average molecular weight is 260 g/mol. The predicted molar refractivity (Wildman–Crippen MR) is 76.6 cm³/mol. The van der Waals surface area contributed by atoms with Crippen LogP contribution < -0.4 is 15.8 Å². The molecule has 1 aromatic carbocycles. The fourth-order valence-electron chi connectivity index (χ4n) is 1.57. The highest BCUT2D eigenvalue weighted by Crippen LogP contribution is 2.13. The van der Waals surface area contributed by atoms with Crippen LogP contribution in [0, 0.1) is 12.3 Å². The summed E-state index contributed by atoms with van der Waals surface area (Å²) in [6.45, 7) is 2.33. The molecule has 4 heteroatoms. The van der Waals surface area contributed by atoms with Crippen LogP contribution in [0.4, 0.5) is 5.69 Å². The molecule has 0 aliphatic carbocycles. The molecule has 0 bridgehead atoms. The molecule has 0 aromatic heterocycles. The van der Waals surface area contributed by atoms with Crippen LogP contribution in [0.2, 0.25) is 0 Å². The van der Waals surface area contributed by atoms with Gasteiger partial charge in [-0.25, -0.2) is 0 Å². The molecular weight excluding hydrogens is 240 g/mol. The van der Waals surface area contributed by atoms with Gasteiger partial charge in [0.05, 0.1) is 13.0 Å². The summed E-state index contributed by atoms with van der Waals surface area (Å²) in [6, 6.07) is 7.13. The minimum Gasteiger partial charge on any atom is -0.493 e. The van der Waals surface area contributed by atoms with E-state index in [-0.39, 0.29) is 11.9 Å². The Labute approximate surface area is 114 Å². The number of amides is 1. The number of carbonyl (C=O) groups is 1. The van der Waals surface area contributed by atoms with E-state index >= 15 is 0 Å². The number of rotatable bonds is 7. The zero-order chi connectivity index (χ0) is 14.1. The Bertz CT molecular complexity index is 434. The lowest BCUT2D eigenvalue weighted by Gasteiger charge is -2.14. The Morgan fingerprint density at radius 3 is 2.74 bits per heavy atom. The molecule has 0 fully saturated rings. The Hall–Kier alpha value is -2.15. The summed E-state index contributed by atoms with van der Waals surface area (Å²) in [5.41, 5.74) is 6.25. The molecule has 102 valence electrons. The van der Waals surface area contributed by atoms with Crippen molar-refractivity contribution >= 4 is 11.6 Å². The van der Waals surface area contributed by atoms with Crippen molar-refractivity contribution in [2.75, 3.05) is 12.3 Å². The number of nitrogen functional groups attached to an aromatic ring is 1. The largest absolute Gasteiger partial charge is 0.493 e. The number of nitrogens with one attached hydrogen (secondary N) is 1. The lowest BCUT2D eigenvalue weighted by Crippen LogP contribution is -2.34. The second-order valence-electron chi connectivity index (χ2n) is 4.25. The molecule has 19 heavy (non-hydrogen) atoms. The Morgan fingerprint density at radius 1 is 1.47 bits per heavy atom. The fourth-order valence-corrected chi connectivity index (χ4v) is 1.57. The maximum atomic E-state index is 11.7. The van der Waals surface area contributed by atoms with Gasteiger partial charge < -0.3 is 15.8 Å². The summed E-state index contributed by atoms with van der Waals surface area (Å²) in [5, 5.41) is 2.88. The van der Waals surface area contributed by atoms with Gasteiger partial charge in [0, 0.05) is 18.2 Å². The Balaban J connectivity index is 2.27. The van der Waals surface area contributed by atoms with Crippen LogP contribution in [0.5, 0.6) is 5.75 Å². The van der Waals surface area contributed by atoms with Crippen LogP contribution in [0.1, 0.15) is 26.2 Å². The molecule has 1 rings (SSSR count). The normalized spacial score (nSPS) is 11.4. The second-order valence-corrected chi connectivity index (χ2v) is 4.25. The first-order chi connectivity index (χ1) is 9.15. The molecule has 1 atom stereocenters. The number of benzene rings is 1. The van der Waals surface area contributed by atoms with Crippen LogP contribution in [-0.2, 0) is 4.79 Å². The average Bonchev–Trinajstić information content (AvgIpc) is 2.40. The van der Waals surface area contributed by atoms with E-state index in [2.05, 4.69) is 11.2 Å². The standard InChI is InChI=1S/C15H20N2O2/c1-3-5-13(4-2)17-15(18)10-11-19-14-8-6-12(16)7-9-14/h1,6-9,13H,4-5,10-11,16H2,2H3,(H,17,18). The Morgan fingerprint density at radius 2 is 2.16 bits per heavy atom. The van der Waals surface area contributed by atoms with Crippen LogP contribution in [0.3, 0.4) is 0 Å². The number of hydrogen-bond acceptors (Lipinski definition) is 3. The molecule has 1 amide bonds. The number of terminal acetylenes is 1. The maximum absolute atomic E-state index is 11.7. The second kappa shape index (κ2) is 8.04. The highest BCUT2D eigenvalue weighted by atomic mass is 16.5. The van der Waals surface area contributed by atoms with Crippen LogP contribution in [0.25, 0.3) is 0 Å². The molecular formula is C15H20N2O2. The van der Waals surface area contributed by atoms with Crippen molar-refractivity contribution < 1.29 is 9.53 Å². The third-order valence-electron chi connectivity index (χ3n) is 2.70. The highest BCUT2D eigenvalue weighted by molar-refractivity contribution is 5.76. The minimum absolute atomic E-state index is 0.0439. The molecule has 0 radical (unpaired) electrons. The molecule has 4 nitrogen and oxygen atoms in total. The van der Waals surface area contributed by atoms with E-state index in [9.17, 15) is 4.79 Å². The van der Waals surface area contributed by atoms with Gasteiger partial charge in [-0.1, -0.05) is 6.92 Å². The SMILES string of the molecule is C#CCC(CC)NC(=O)CCOc1ccc(N)cc1. The first-order valence-corrected chi connectivity index (χ1v) is 6.37. The fraction of sp³-hybridized carbons (Fsp3) is 0.400. The summed E-state index contributed by atoms with van der Waals surface area (Å²) in [7, 11) is 0. The zero-order valence-corrected chi connectivity index (χ0v) is 11.2. The van der Waals surface area contributed by atoms with E-state index in [0.29, 0.717) is 30.9 Å². The number of anilines is 1. The van der Waals surface area contributed by atoms with E-state index < -0.39 is 0 Å².